The summed E-state index contributed by atoms with van der Waals surface area (Å²) in [5, 5.41) is 0. The van der Waals surface area contributed by atoms with Crippen molar-refractivity contribution < 1.29 is 4.79 Å². The fourth-order valence-corrected chi connectivity index (χ4v) is 1.19. The van der Waals surface area contributed by atoms with Gasteiger partial charge in [-0.15, -0.1) is 0 Å². The van der Waals surface area contributed by atoms with Gasteiger partial charge in [-0.3, -0.25) is 9.78 Å². The standard InChI is InChI=1S/C10H12N2O/c1-7(2)9(10(11)13)8-4-3-5-12-6-8/h3-6H,1-2H3,(H2,11,13). The normalized spacial score (nSPS) is 9.38. The van der Waals surface area contributed by atoms with Crippen LogP contribution in [0.2, 0.25) is 0 Å². The molecule has 3 heteroatoms. The third-order valence-corrected chi connectivity index (χ3v) is 1.70. The van der Waals surface area contributed by atoms with Crippen molar-refractivity contribution in [3.63, 3.8) is 0 Å². The summed E-state index contributed by atoms with van der Waals surface area (Å²) in [5.74, 6) is -0.409. The number of hydrogen-bond acceptors (Lipinski definition) is 2. The molecule has 1 amide bonds. The summed E-state index contributed by atoms with van der Waals surface area (Å²) in [7, 11) is 0. The fourth-order valence-electron chi connectivity index (χ4n) is 1.19. The van der Waals surface area contributed by atoms with Gasteiger partial charge in [0.05, 0.1) is 0 Å². The van der Waals surface area contributed by atoms with Crippen LogP contribution in [0.4, 0.5) is 0 Å². The predicted octanol–water partition coefficient (Wildman–Crippen LogP) is 1.36. The van der Waals surface area contributed by atoms with Gasteiger partial charge in [-0.2, -0.15) is 0 Å². The Bertz CT molecular complexity index is 337. The van der Waals surface area contributed by atoms with Crippen LogP contribution in [0.15, 0.2) is 30.1 Å². The Balaban J connectivity index is 3.20. The SMILES string of the molecule is CC(C)=C(C(N)=O)c1cccnc1. The Kier molecular flexibility index (Phi) is 2.80. The minimum atomic E-state index is -0.409. The van der Waals surface area contributed by atoms with E-state index in [4.69, 9.17) is 5.73 Å². The zero-order valence-electron chi connectivity index (χ0n) is 7.74. The maximum absolute atomic E-state index is 11.1. The highest BCUT2D eigenvalue weighted by atomic mass is 16.1. The molecule has 2 N–H and O–H groups in total. The summed E-state index contributed by atoms with van der Waals surface area (Å²) in [6.45, 7) is 3.71. The molecule has 0 radical (unpaired) electrons. The van der Waals surface area contributed by atoms with Crippen LogP contribution in [-0.2, 0) is 4.79 Å². The molecule has 1 aromatic rings. The van der Waals surface area contributed by atoms with Crippen LogP contribution in [-0.4, -0.2) is 10.9 Å². The molecule has 0 aliphatic carbocycles. The van der Waals surface area contributed by atoms with Crippen molar-refractivity contribution in [2.75, 3.05) is 0 Å². The second-order valence-electron chi connectivity index (χ2n) is 2.98. The smallest absolute Gasteiger partial charge is 0.249 e. The molecule has 0 fully saturated rings. The summed E-state index contributed by atoms with van der Waals surface area (Å²) in [6, 6.07) is 3.60. The van der Waals surface area contributed by atoms with Gasteiger partial charge >= 0.3 is 0 Å². The molecule has 13 heavy (non-hydrogen) atoms. The van der Waals surface area contributed by atoms with Gasteiger partial charge < -0.3 is 5.73 Å². The first kappa shape index (κ1) is 9.45. The third kappa shape index (κ3) is 2.15. The highest BCUT2D eigenvalue weighted by molar-refractivity contribution is 6.19. The molecule has 3 nitrogen and oxygen atoms in total. The molecule has 0 saturated carbocycles. The lowest BCUT2D eigenvalue weighted by molar-refractivity contribution is -0.112. The van der Waals surface area contributed by atoms with E-state index in [2.05, 4.69) is 4.98 Å². The molecule has 0 aliphatic rings. The maximum atomic E-state index is 11.1. The number of nitrogens with two attached hydrogens (primary N) is 1. The molecular formula is C10H12N2O. The molecule has 0 aromatic carbocycles. The molecule has 1 aromatic heterocycles. The predicted molar refractivity (Wildman–Crippen MR) is 51.7 cm³/mol. The van der Waals surface area contributed by atoms with E-state index in [1.165, 1.54) is 0 Å². The van der Waals surface area contributed by atoms with E-state index in [9.17, 15) is 4.79 Å². The number of hydrogen-bond donors (Lipinski definition) is 1. The van der Waals surface area contributed by atoms with Gasteiger partial charge in [-0.1, -0.05) is 11.6 Å². The summed E-state index contributed by atoms with van der Waals surface area (Å²) < 4.78 is 0. The Labute approximate surface area is 77.3 Å². The summed E-state index contributed by atoms with van der Waals surface area (Å²) in [4.78, 5) is 15.0. The summed E-state index contributed by atoms with van der Waals surface area (Å²) in [5.41, 5.74) is 7.47. The van der Waals surface area contributed by atoms with Crippen molar-refractivity contribution in [1.29, 1.82) is 0 Å². The molecule has 1 heterocycles. The zero-order chi connectivity index (χ0) is 9.84. The first-order chi connectivity index (χ1) is 6.13. The van der Waals surface area contributed by atoms with Crippen molar-refractivity contribution in [2.24, 2.45) is 5.73 Å². The van der Waals surface area contributed by atoms with Crippen molar-refractivity contribution in [2.45, 2.75) is 13.8 Å². The average Bonchev–Trinajstić information content (AvgIpc) is 2.04. The van der Waals surface area contributed by atoms with E-state index >= 15 is 0 Å². The van der Waals surface area contributed by atoms with E-state index < -0.39 is 5.91 Å². The molecule has 0 unspecified atom stereocenters. The number of rotatable bonds is 2. The minimum absolute atomic E-state index is 0.409. The van der Waals surface area contributed by atoms with E-state index in [0.717, 1.165) is 11.1 Å². The van der Waals surface area contributed by atoms with Gasteiger partial charge in [0.15, 0.2) is 0 Å². The average molecular weight is 176 g/mol. The van der Waals surface area contributed by atoms with Crippen LogP contribution in [0.5, 0.6) is 0 Å². The Morgan fingerprint density at radius 3 is 2.54 bits per heavy atom. The summed E-state index contributed by atoms with van der Waals surface area (Å²) in [6.07, 6.45) is 3.29. The summed E-state index contributed by atoms with van der Waals surface area (Å²) >= 11 is 0. The van der Waals surface area contributed by atoms with Crippen LogP contribution in [0, 0.1) is 0 Å². The Hall–Kier alpha value is -1.64. The second kappa shape index (κ2) is 3.85. The number of pyridine rings is 1. The first-order valence-corrected chi connectivity index (χ1v) is 4.00. The lowest BCUT2D eigenvalue weighted by Crippen LogP contribution is -2.14. The van der Waals surface area contributed by atoms with Crippen LogP contribution in [0.1, 0.15) is 19.4 Å². The maximum Gasteiger partial charge on any atom is 0.249 e. The van der Waals surface area contributed by atoms with Crippen molar-refractivity contribution in [3.05, 3.63) is 35.7 Å². The molecule has 0 bridgehead atoms. The third-order valence-electron chi connectivity index (χ3n) is 1.70. The quantitative estimate of drug-likeness (QED) is 0.692. The number of primary amides is 1. The molecule has 0 atom stereocenters. The number of amides is 1. The highest BCUT2D eigenvalue weighted by Crippen LogP contribution is 2.16. The first-order valence-electron chi connectivity index (χ1n) is 4.00. The zero-order valence-corrected chi connectivity index (χ0v) is 7.74. The number of aromatic nitrogens is 1. The Morgan fingerprint density at radius 2 is 2.15 bits per heavy atom. The van der Waals surface area contributed by atoms with E-state index in [1.807, 2.05) is 19.9 Å². The molecular weight excluding hydrogens is 164 g/mol. The molecule has 0 saturated heterocycles. The van der Waals surface area contributed by atoms with Crippen LogP contribution in [0.25, 0.3) is 5.57 Å². The van der Waals surface area contributed by atoms with E-state index in [0.29, 0.717) is 5.57 Å². The van der Waals surface area contributed by atoms with Crippen molar-refractivity contribution in [3.8, 4) is 0 Å². The molecule has 0 spiro atoms. The minimum Gasteiger partial charge on any atom is -0.366 e. The second-order valence-corrected chi connectivity index (χ2v) is 2.98. The largest absolute Gasteiger partial charge is 0.366 e. The van der Waals surface area contributed by atoms with Gasteiger partial charge in [-0.25, -0.2) is 0 Å². The van der Waals surface area contributed by atoms with Gasteiger partial charge in [-0.05, 0) is 19.9 Å². The highest BCUT2D eigenvalue weighted by Gasteiger charge is 2.08. The number of carbonyl (C=O) groups is 1. The molecule has 68 valence electrons. The van der Waals surface area contributed by atoms with Gasteiger partial charge in [0.25, 0.3) is 0 Å². The lowest BCUT2D eigenvalue weighted by Gasteiger charge is -2.04. The van der Waals surface area contributed by atoms with Gasteiger partial charge in [0.2, 0.25) is 5.91 Å². The number of carbonyl (C=O) groups excluding carboxylic acids is 1. The topological polar surface area (TPSA) is 56.0 Å². The fraction of sp³-hybridized carbons (Fsp3) is 0.200. The number of nitrogens with zero attached hydrogens (tertiary/aromatic N) is 1. The Morgan fingerprint density at radius 1 is 1.46 bits per heavy atom. The van der Waals surface area contributed by atoms with Crippen molar-refractivity contribution in [1.82, 2.24) is 4.98 Å². The van der Waals surface area contributed by atoms with E-state index in [1.54, 1.807) is 18.5 Å². The van der Waals surface area contributed by atoms with Gasteiger partial charge in [0, 0.05) is 23.5 Å². The van der Waals surface area contributed by atoms with Crippen LogP contribution in [0.3, 0.4) is 0 Å². The lowest BCUT2D eigenvalue weighted by atomic mass is 10.0. The molecule has 0 aliphatic heterocycles. The molecule has 1 rings (SSSR count). The van der Waals surface area contributed by atoms with Gasteiger partial charge in [0.1, 0.15) is 0 Å². The van der Waals surface area contributed by atoms with Crippen LogP contribution < -0.4 is 5.73 Å². The van der Waals surface area contributed by atoms with E-state index in [-0.39, 0.29) is 0 Å². The van der Waals surface area contributed by atoms with Crippen LogP contribution >= 0.6 is 0 Å². The number of allylic oxidation sites excluding steroid dienone is 1. The monoisotopic (exact) mass is 176 g/mol. The van der Waals surface area contributed by atoms with Crippen molar-refractivity contribution >= 4 is 11.5 Å².